The van der Waals surface area contributed by atoms with Crippen LogP contribution in [0.2, 0.25) is 10.0 Å². The zero-order chi connectivity index (χ0) is 28.6. The van der Waals surface area contributed by atoms with Crippen molar-refractivity contribution in [1.29, 1.82) is 5.26 Å². The number of likely N-dealkylation sites (N-methyl/N-ethyl adjacent to an activating group) is 1. The van der Waals surface area contributed by atoms with Gasteiger partial charge in [-0.2, -0.15) is 5.26 Å². The van der Waals surface area contributed by atoms with Crippen molar-refractivity contribution in [3.8, 4) is 11.8 Å². The van der Waals surface area contributed by atoms with E-state index < -0.39 is 36.0 Å². The zero-order valence-corrected chi connectivity index (χ0v) is 22.9. The monoisotopic (exact) mass is 578 g/mol. The minimum absolute atomic E-state index is 0.240. The molecule has 5 rings (SSSR count). The van der Waals surface area contributed by atoms with Crippen molar-refractivity contribution in [3.05, 3.63) is 93.5 Å². The predicted molar refractivity (Wildman–Crippen MR) is 149 cm³/mol. The lowest BCUT2D eigenvalue weighted by molar-refractivity contribution is -0.139. The number of carboxylic acids is 1. The van der Waals surface area contributed by atoms with Gasteiger partial charge in [0.15, 0.2) is 6.61 Å². The maximum Gasteiger partial charge on any atom is 0.341 e. The SMILES string of the molecule is CN1C(=O)N(c2cc(Cl)cc(Cl)c2)C(=O)C12CN(Cc1cccc(OCC(=O)O)c1)CC2c1ccc(C#N)cc1. The van der Waals surface area contributed by atoms with E-state index >= 15 is 0 Å². The van der Waals surface area contributed by atoms with Gasteiger partial charge in [0, 0.05) is 42.6 Å². The summed E-state index contributed by atoms with van der Waals surface area (Å²) in [5.74, 6) is -1.46. The summed E-state index contributed by atoms with van der Waals surface area (Å²) in [6.45, 7) is 0.655. The van der Waals surface area contributed by atoms with Crippen LogP contribution in [-0.2, 0) is 16.1 Å². The van der Waals surface area contributed by atoms with Crippen LogP contribution in [0, 0.1) is 11.3 Å². The van der Waals surface area contributed by atoms with Gasteiger partial charge in [-0.15, -0.1) is 0 Å². The number of ether oxygens (including phenoxy) is 1. The third kappa shape index (κ3) is 4.97. The second-order valence-electron chi connectivity index (χ2n) is 9.82. The van der Waals surface area contributed by atoms with Crippen LogP contribution in [0.1, 0.15) is 22.6 Å². The summed E-state index contributed by atoms with van der Waals surface area (Å²) in [6.07, 6.45) is 0. The Kier molecular flexibility index (Phi) is 7.43. The maximum atomic E-state index is 14.3. The molecule has 0 saturated carbocycles. The highest BCUT2D eigenvalue weighted by molar-refractivity contribution is 6.35. The fourth-order valence-corrected chi connectivity index (χ4v) is 6.07. The molecule has 204 valence electrons. The smallest absolute Gasteiger partial charge is 0.341 e. The largest absolute Gasteiger partial charge is 0.482 e. The number of hydrogen-bond donors (Lipinski definition) is 1. The third-order valence-electron chi connectivity index (χ3n) is 7.35. The van der Waals surface area contributed by atoms with Gasteiger partial charge in [0.25, 0.3) is 5.91 Å². The van der Waals surface area contributed by atoms with Gasteiger partial charge >= 0.3 is 12.0 Å². The lowest BCUT2D eigenvalue weighted by Gasteiger charge is -2.34. The van der Waals surface area contributed by atoms with Crippen LogP contribution in [-0.4, -0.2) is 65.1 Å². The molecule has 0 bridgehead atoms. The highest BCUT2D eigenvalue weighted by Crippen LogP contribution is 2.47. The van der Waals surface area contributed by atoms with Crippen molar-refractivity contribution in [2.75, 3.05) is 31.6 Å². The van der Waals surface area contributed by atoms with Gasteiger partial charge in [-0.05, 0) is 53.6 Å². The molecule has 3 amide bonds. The molecule has 0 aliphatic carbocycles. The normalized spacial score (nSPS) is 20.8. The van der Waals surface area contributed by atoms with Crippen LogP contribution in [0.25, 0.3) is 0 Å². The van der Waals surface area contributed by atoms with E-state index in [2.05, 4.69) is 11.0 Å². The number of anilines is 1. The summed E-state index contributed by atoms with van der Waals surface area (Å²) in [7, 11) is 1.62. The molecule has 3 aromatic carbocycles. The summed E-state index contributed by atoms with van der Waals surface area (Å²) in [5, 5.41) is 18.8. The molecule has 2 aliphatic rings. The molecule has 2 saturated heterocycles. The summed E-state index contributed by atoms with van der Waals surface area (Å²) in [6, 6.07) is 20.3. The number of hydrogen-bond acceptors (Lipinski definition) is 6. The van der Waals surface area contributed by atoms with Crippen molar-refractivity contribution in [1.82, 2.24) is 9.80 Å². The van der Waals surface area contributed by atoms with Crippen molar-refractivity contribution in [3.63, 3.8) is 0 Å². The summed E-state index contributed by atoms with van der Waals surface area (Å²) < 4.78 is 5.33. The predicted octanol–water partition coefficient (Wildman–Crippen LogP) is 4.77. The van der Waals surface area contributed by atoms with Crippen molar-refractivity contribution < 1.29 is 24.2 Å². The quantitative estimate of drug-likeness (QED) is 0.402. The lowest BCUT2D eigenvalue weighted by atomic mass is 9.80. The van der Waals surface area contributed by atoms with Gasteiger partial charge < -0.3 is 14.7 Å². The number of carbonyl (C=O) groups excluding carboxylic acids is 2. The van der Waals surface area contributed by atoms with Crippen molar-refractivity contribution >= 4 is 46.8 Å². The first-order valence-corrected chi connectivity index (χ1v) is 13.1. The molecule has 1 N–H and O–H groups in total. The second kappa shape index (κ2) is 10.8. The molecule has 3 aromatic rings. The highest BCUT2D eigenvalue weighted by Gasteiger charge is 2.64. The fourth-order valence-electron chi connectivity index (χ4n) is 5.55. The molecule has 2 aliphatic heterocycles. The number of nitriles is 1. The number of benzene rings is 3. The maximum absolute atomic E-state index is 14.3. The number of amides is 3. The Labute approximate surface area is 240 Å². The Balaban J connectivity index is 1.52. The van der Waals surface area contributed by atoms with E-state index in [9.17, 15) is 19.6 Å². The topological polar surface area (TPSA) is 114 Å². The molecule has 2 atom stereocenters. The minimum atomic E-state index is -1.24. The standard InChI is InChI=1S/C29H24Cl2N4O5/c1-33-28(39)35(23-11-21(30)10-22(31)12-23)27(38)29(33)17-34(15-25(29)20-7-5-18(13-32)6-8-20)14-19-3-2-4-24(9-19)40-16-26(36)37/h2-12,25H,14-17H2,1H3,(H,36,37). The van der Waals surface area contributed by atoms with E-state index in [1.54, 1.807) is 37.4 Å². The Bertz CT molecular complexity index is 1520. The molecular formula is C29H24Cl2N4O5. The van der Waals surface area contributed by atoms with Crippen LogP contribution in [0.3, 0.4) is 0 Å². The van der Waals surface area contributed by atoms with Crippen LogP contribution in [0.4, 0.5) is 10.5 Å². The van der Waals surface area contributed by atoms with Crippen molar-refractivity contribution in [2.24, 2.45) is 0 Å². The molecule has 9 nitrogen and oxygen atoms in total. The molecule has 11 heteroatoms. The van der Waals surface area contributed by atoms with Gasteiger partial charge in [0.2, 0.25) is 0 Å². The summed E-state index contributed by atoms with van der Waals surface area (Å²) >= 11 is 12.4. The average molecular weight is 579 g/mol. The summed E-state index contributed by atoms with van der Waals surface area (Å²) in [5.41, 5.74) is 1.22. The first kappa shape index (κ1) is 27.5. The molecule has 1 spiro atoms. The van der Waals surface area contributed by atoms with Crippen LogP contribution < -0.4 is 9.64 Å². The summed E-state index contributed by atoms with van der Waals surface area (Å²) in [4.78, 5) is 43.5. The van der Waals surface area contributed by atoms with Crippen LogP contribution >= 0.6 is 23.2 Å². The van der Waals surface area contributed by atoms with Crippen LogP contribution in [0.5, 0.6) is 5.75 Å². The molecule has 40 heavy (non-hydrogen) atoms. The van der Waals surface area contributed by atoms with E-state index in [0.29, 0.717) is 34.4 Å². The number of aliphatic carboxylic acids is 1. The Morgan fingerprint density at radius 2 is 1.80 bits per heavy atom. The Hall–Kier alpha value is -4.10. The van der Waals surface area contributed by atoms with Crippen LogP contribution in [0.15, 0.2) is 66.7 Å². The second-order valence-corrected chi connectivity index (χ2v) is 10.7. The molecule has 2 heterocycles. The number of carboxylic acid groups (broad SMARTS) is 1. The van der Waals surface area contributed by atoms with Gasteiger partial charge in [-0.25, -0.2) is 14.5 Å². The molecule has 2 unspecified atom stereocenters. The lowest BCUT2D eigenvalue weighted by Crippen LogP contribution is -2.53. The van der Waals surface area contributed by atoms with E-state index in [4.69, 9.17) is 33.0 Å². The van der Waals surface area contributed by atoms with Gasteiger partial charge in [-0.1, -0.05) is 47.5 Å². The van der Waals surface area contributed by atoms with E-state index in [1.165, 1.54) is 23.1 Å². The van der Waals surface area contributed by atoms with Gasteiger partial charge in [-0.3, -0.25) is 9.69 Å². The molecule has 0 radical (unpaired) electrons. The number of carbonyl (C=O) groups is 3. The average Bonchev–Trinajstić information content (AvgIpc) is 3.38. The number of urea groups is 1. The molecule has 0 aromatic heterocycles. The first-order chi connectivity index (χ1) is 19.1. The van der Waals surface area contributed by atoms with Crippen molar-refractivity contribution in [2.45, 2.75) is 18.0 Å². The number of likely N-dealkylation sites (tertiary alicyclic amines) is 1. The Morgan fingerprint density at radius 1 is 1.10 bits per heavy atom. The fraction of sp³-hybridized carbons (Fsp3) is 0.241. The molecular weight excluding hydrogens is 555 g/mol. The number of rotatable bonds is 7. The zero-order valence-electron chi connectivity index (χ0n) is 21.4. The van der Waals surface area contributed by atoms with E-state index in [0.717, 1.165) is 16.0 Å². The first-order valence-electron chi connectivity index (χ1n) is 12.4. The number of halogens is 2. The minimum Gasteiger partial charge on any atom is -0.482 e. The van der Waals surface area contributed by atoms with Gasteiger partial charge in [0.05, 0.1) is 17.3 Å². The molecule has 2 fully saturated rings. The third-order valence-corrected chi connectivity index (χ3v) is 7.78. The Morgan fingerprint density at radius 3 is 2.45 bits per heavy atom. The highest BCUT2D eigenvalue weighted by atomic mass is 35.5. The van der Waals surface area contributed by atoms with E-state index in [-0.39, 0.29) is 12.2 Å². The number of nitrogens with zero attached hydrogens (tertiary/aromatic N) is 4. The number of imide groups is 1. The van der Waals surface area contributed by atoms with Gasteiger partial charge in [0.1, 0.15) is 11.3 Å². The van der Waals surface area contributed by atoms with E-state index in [1.807, 2.05) is 18.2 Å².